The monoisotopic (exact) mass is 298 g/mol. The van der Waals surface area contributed by atoms with Crippen molar-refractivity contribution in [3.63, 3.8) is 0 Å². The highest BCUT2D eigenvalue weighted by Gasteiger charge is 2.09. The Kier molecular flexibility index (Phi) is 3.88. The molecule has 1 unspecified atom stereocenters. The minimum atomic E-state index is 0.130. The molecule has 106 valence electrons. The summed E-state index contributed by atoms with van der Waals surface area (Å²) >= 11 is 5.78. The molecule has 0 bridgehead atoms. The summed E-state index contributed by atoms with van der Waals surface area (Å²) in [5.74, 6) is 0. The first kappa shape index (κ1) is 13.6. The standard InChI is InChI=1S/C16H15ClN4/c1-12(20-14-7-8-16(17)18-10-14)13-9-19-21(11-13)15-5-3-2-4-6-15/h2-12,20H,1H3. The van der Waals surface area contributed by atoms with Crippen molar-refractivity contribution in [2.24, 2.45) is 0 Å². The van der Waals surface area contributed by atoms with E-state index in [1.165, 1.54) is 0 Å². The van der Waals surface area contributed by atoms with Crippen molar-refractivity contribution in [3.8, 4) is 5.69 Å². The Hall–Kier alpha value is -2.33. The van der Waals surface area contributed by atoms with Gasteiger partial charge in [0.15, 0.2) is 0 Å². The molecule has 2 heterocycles. The van der Waals surface area contributed by atoms with Gasteiger partial charge in [-0.2, -0.15) is 5.10 Å². The highest BCUT2D eigenvalue weighted by molar-refractivity contribution is 6.29. The van der Waals surface area contributed by atoms with Gasteiger partial charge in [0.25, 0.3) is 0 Å². The summed E-state index contributed by atoms with van der Waals surface area (Å²) in [6, 6.07) is 13.8. The summed E-state index contributed by atoms with van der Waals surface area (Å²) in [7, 11) is 0. The maximum Gasteiger partial charge on any atom is 0.129 e. The molecule has 0 fully saturated rings. The molecule has 0 aliphatic carbocycles. The minimum absolute atomic E-state index is 0.130. The Balaban J connectivity index is 1.75. The molecule has 0 radical (unpaired) electrons. The van der Waals surface area contributed by atoms with E-state index in [4.69, 9.17) is 11.6 Å². The van der Waals surface area contributed by atoms with Gasteiger partial charge in [-0.05, 0) is 31.2 Å². The maximum absolute atomic E-state index is 5.78. The van der Waals surface area contributed by atoms with Gasteiger partial charge in [0.2, 0.25) is 0 Å². The molecule has 1 atom stereocenters. The molecule has 21 heavy (non-hydrogen) atoms. The molecule has 0 aliphatic rings. The number of para-hydroxylation sites is 1. The smallest absolute Gasteiger partial charge is 0.129 e. The SMILES string of the molecule is CC(Nc1ccc(Cl)nc1)c1cnn(-c2ccccc2)c1. The third kappa shape index (κ3) is 3.23. The highest BCUT2D eigenvalue weighted by Crippen LogP contribution is 2.20. The van der Waals surface area contributed by atoms with E-state index >= 15 is 0 Å². The second kappa shape index (κ2) is 5.97. The van der Waals surface area contributed by atoms with Crippen LogP contribution in [0.2, 0.25) is 5.15 Å². The van der Waals surface area contributed by atoms with Crippen LogP contribution in [0.25, 0.3) is 5.69 Å². The largest absolute Gasteiger partial charge is 0.377 e. The number of aromatic nitrogens is 3. The van der Waals surface area contributed by atoms with Crippen molar-refractivity contribution in [1.82, 2.24) is 14.8 Å². The van der Waals surface area contributed by atoms with Crippen molar-refractivity contribution < 1.29 is 0 Å². The van der Waals surface area contributed by atoms with E-state index in [9.17, 15) is 0 Å². The van der Waals surface area contributed by atoms with Gasteiger partial charge in [-0.1, -0.05) is 29.8 Å². The maximum atomic E-state index is 5.78. The Morgan fingerprint density at radius 1 is 1.10 bits per heavy atom. The van der Waals surface area contributed by atoms with E-state index in [0.29, 0.717) is 5.15 Å². The van der Waals surface area contributed by atoms with Gasteiger partial charge in [0.1, 0.15) is 5.15 Å². The Morgan fingerprint density at radius 3 is 2.62 bits per heavy atom. The predicted molar refractivity (Wildman–Crippen MR) is 84.8 cm³/mol. The minimum Gasteiger partial charge on any atom is -0.377 e. The first-order valence-corrected chi connectivity index (χ1v) is 7.08. The van der Waals surface area contributed by atoms with Crippen molar-refractivity contribution in [3.05, 3.63) is 71.8 Å². The van der Waals surface area contributed by atoms with Crippen LogP contribution in [0.5, 0.6) is 0 Å². The van der Waals surface area contributed by atoms with Crippen LogP contribution < -0.4 is 5.32 Å². The number of pyridine rings is 1. The fourth-order valence-corrected chi connectivity index (χ4v) is 2.19. The summed E-state index contributed by atoms with van der Waals surface area (Å²) in [4.78, 5) is 4.06. The van der Waals surface area contributed by atoms with E-state index in [2.05, 4.69) is 22.3 Å². The zero-order valence-electron chi connectivity index (χ0n) is 11.6. The quantitative estimate of drug-likeness (QED) is 0.738. The fraction of sp³-hybridized carbons (Fsp3) is 0.125. The van der Waals surface area contributed by atoms with Crippen molar-refractivity contribution in [2.45, 2.75) is 13.0 Å². The second-order valence-corrected chi connectivity index (χ2v) is 5.18. The third-order valence-electron chi connectivity index (χ3n) is 3.23. The summed E-state index contributed by atoms with van der Waals surface area (Å²) in [6.45, 7) is 2.08. The number of nitrogens with zero attached hydrogens (tertiary/aromatic N) is 3. The predicted octanol–water partition coefficient (Wildman–Crippen LogP) is 4.09. The molecule has 3 aromatic rings. The number of hydrogen-bond donors (Lipinski definition) is 1. The van der Waals surface area contributed by atoms with E-state index in [0.717, 1.165) is 16.9 Å². The van der Waals surface area contributed by atoms with Crippen LogP contribution >= 0.6 is 11.6 Å². The highest BCUT2D eigenvalue weighted by atomic mass is 35.5. The lowest BCUT2D eigenvalue weighted by molar-refractivity contribution is 0.868. The average Bonchev–Trinajstić information content (AvgIpc) is 3.00. The molecule has 0 aliphatic heterocycles. The lowest BCUT2D eigenvalue weighted by Crippen LogP contribution is -2.06. The molecule has 0 spiro atoms. The zero-order chi connectivity index (χ0) is 14.7. The Labute approximate surface area is 128 Å². The first-order chi connectivity index (χ1) is 10.2. The van der Waals surface area contributed by atoms with Crippen molar-refractivity contribution in [1.29, 1.82) is 0 Å². The first-order valence-electron chi connectivity index (χ1n) is 6.70. The molecule has 3 rings (SSSR count). The van der Waals surface area contributed by atoms with Crippen LogP contribution in [0.1, 0.15) is 18.5 Å². The molecule has 2 aromatic heterocycles. The van der Waals surface area contributed by atoms with Gasteiger partial charge in [-0.15, -0.1) is 0 Å². The molecular formula is C16H15ClN4. The van der Waals surface area contributed by atoms with Gasteiger partial charge >= 0.3 is 0 Å². The molecule has 1 aromatic carbocycles. The summed E-state index contributed by atoms with van der Waals surface area (Å²) in [6.07, 6.45) is 5.62. The van der Waals surface area contributed by atoms with E-state index in [1.54, 1.807) is 12.3 Å². The zero-order valence-corrected chi connectivity index (χ0v) is 12.3. The lowest BCUT2D eigenvalue weighted by Gasteiger charge is -2.13. The van der Waals surface area contributed by atoms with Gasteiger partial charge in [-0.3, -0.25) is 0 Å². The second-order valence-electron chi connectivity index (χ2n) is 4.79. The molecule has 0 saturated carbocycles. The molecular weight excluding hydrogens is 284 g/mol. The van der Waals surface area contributed by atoms with E-state index in [1.807, 2.05) is 53.5 Å². The third-order valence-corrected chi connectivity index (χ3v) is 3.46. The molecule has 1 N–H and O–H groups in total. The summed E-state index contributed by atoms with van der Waals surface area (Å²) in [5, 5.41) is 8.27. The fourth-order valence-electron chi connectivity index (χ4n) is 2.08. The number of anilines is 1. The Morgan fingerprint density at radius 2 is 1.90 bits per heavy atom. The van der Waals surface area contributed by atoms with Gasteiger partial charge < -0.3 is 5.32 Å². The lowest BCUT2D eigenvalue weighted by atomic mass is 10.2. The van der Waals surface area contributed by atoms with Crippen LogP contribution in [0.15, 0.2) is 61.1 Å². The number of nitrogens with one attached hydrogen (secondary N) is 1. The molecule has 4 nitrogen and oxygen atoms in total. The average molecular weight is 299 g/mol. The molecule has 0 saturated heterocycles. The summed E-state index contributed by atoms with van der Waals surface area (Å²) < 4.78 is 1.87. The van der Waals surface area contributed by atoms with Crippen LogP contribution in [0.4, 0.5) is 5.69 Å². The van der Waals surface area contributed by atoms with Crippen molar-refractivity contribution >= 4 is 17.3 Å². The van der Waals surface area contributed by atoms with Crippen LogP contribution in [0, 0.1) is 0 Å². The number of benzene rings is 1. The topological polar surface area (TPSA) is 42.7 Å². The number of rotatable bonds is 4. The molecule has 0 amide bonds. The molecule has 5 heteroatoms. The van der Waals surface area contributed by atoms with Gasteiger partial charge in [-0.25, -0.2) is 9.67 Å². The van der Waals surface area contributed by atoms with Crippen LogP contribution in [-0.4, -0.2) is 14.8 Å². The van der Waals surface area contributed by atoms with E-state index in [-0.39, 0.29) is 6.04 Å². The Bertz CT molecular complexity index is 707. The van der Waals surface area contributed by atoms with Crippen LogP contribution in [0.3, 0.4) is 0 Å². The van der Waals surface area contributed by atoms with Gasteiger partial charge in [0, 0.05) is 11.8 Å². The normalized spacial score (nSPS) is 12.1. The van der Waals surface area contributed by atoms with Crippen molar-refractivity contribution in [2.75, 3.05) is 5.32 Å². The van der Waals surface area contributed by atoms with Gasteiger partial charge in [0.05, 0.1) is 29.8 Å². The number of hydrogen-bond acceptors (Lipinski definition) is 3. The van der Waals surface area contributed by atoms with Crippen LogP contribution in [-0.2, 0) is 0 Å². The van der Waals surface area contributed by atoms with E-state index < -0.39 is 0 Å². The number of halogens is 1. The summed E-state index contributed by atoms with van der Waals surface area (Å²) in [5.41, 5.74) is 3.08.